The predicted octanol–water partition coefficient (Wildman–Crippen LogP) is 4.92. The second-order valence-corrected chi connectivity index (χ2v) is 9.29. The van der Waals surface area contributed by atoms with Gasteiger partial charge in [0.2, 0.25) is 5.91 Å². The number of amides is 2. The Morgan fingerprint density at radius 2 is 1.69 bits per heavy atom. The van der Waals surface area contributed by atoms with Crippen molar-refractivity contribution in [3.8, 4) is 11.8 Å². The number of carbonyl (C=O) groups is 2. The van der Waals surface area contributed by atoms with E-state index in [2.05, 4.69) is 10.6 Å². The number of nitrogens with zero attached hydrogens (tertiary/aromatic N) is 1. The summed E-state index contributed by atoms with van der Waals surface area (Å²) in [5, 5.41) is 15.0. The van der Waals surface area contributed by atoms with Gasteiger partial charge < -0.3 is 14.8 Å². The first-order valence-corrected chi connectivity index (χ1v) is 12.0. The quantitative estimate of drug-likeness (QED) is 0.264. The van der Waals surface area contributed by atoms with Crippen LogP contribution in [0.25, 0.3) is 6.08 Å². The second kappa shape index (κ2) is 10.9. The van der Waals surface area contributed by atoms with E-state index in [4.69, 9.17) is 15.8 Å². The van der Waals surface area contributed by atoms with Crippen molar-refractivity contribution in [2.24, 2.45) is 0 Å². The number of hydrogen-bond acceptors (Lipinski definition) is 6. The molecule has 178 valence electrons. The number of rotatable bonds is 7. The minimum Gasteiger partial charge on any atom is -0.378 e. The van der Waals surface area contributed by atoms with Crippen molar-refractivity contribution in [1.29, 1.82) is 5.26 Å². The standard InChI is InChI=1S/C25H20ClN3O5S/c1-16-6-5-8-22(26)24(16)29-25(31)19(15-27)14-18-7-3-4-9-23(18)34-35(32,33)21-12-10-20(11-13-21)28-17(2)30/h3-14H,1-2H3,(H,28,30)(H,29,31)/b19-14+. The minimum absolute atomic E-state index is 0.0760. The molecule has 2 N–H and O–H groups in total. The van der Waals surface area contributed by atoms with Gasteiger partial charge in [0.25, 0.3) is 5.91 Å². The number of nitrogens with one attached hydrogen (secondary N) is 2. The zero-order chi connectivity index (χ0) is 25.6. The Kier molecular flexibility index (Phi) is 7.91. The predicted molar refractivity (Wildman–Crippen MR) is 133 cm³/mol. The number of benzene rings is 3. The highest BCUT2D eigenvalue weighted by molar-refractivity contribution is 7.87. The lowest BCUT2D eigenvalue weighted by Crippen LogP contribution is -2.15. The molecule has 0 saturated heterocycles. The lowest BCUT2D eigenvalue weighted by atomic mass is 10.1. The second-order valence-electron chi connectivity index (χ2n) is 7.34. The first kappa shape index (κ1) is 25.5. The molecule has 8 nitrogen and oxygen atoms in total. The number of para-hydroxylation sites is 2. The van der Waals surface area contributed by atoms with Gasteiger partial charge in [-0.15, -0.1) is 0 Å². The molecule has 0 aliphatic rings. The molecule has 0 fully saturated rings. The molecule has 0 unspecified atom stereocenters. The molecule has 0 bridgehead atoms. The molecule has 0 aliphatic heterocycles. The van der Waals surface area contributed by atoms with Crippen molar-refractivity contribution in [3.63, 3.8) is 0 Å². The molecule has 3 aromatic carbocycles. The molecule has 0 aliphatic carbocycles. The molecule has 3 aromatic rings. The first-order valence-electron chi connectivity index (χ1n) is 10.2. The molecule has 0 aromatic heterocycles. The molecule has 3 rings (SSSR count). The van der Waals surface area contributed by atoms with Crippen LogP contribution in [0.3, 0.4) is 0 Å². The van der Waals surface area contributed by atoms with Crippen LogP contribution in [0.4, 0.5) is 11.4 Å². The lowest BCUT2D eigenvalue weighted by Gasteiger charge is -2.11. The van der Waals surface area contributed by atoms with Gasteiger partial charge >= 0.3 is 10.1 Å². The number of halogens is 1. The number of nitriles is 1. The van der Waals surface area contributed by atoms with E-state index in [1.807, 2.05) is 6.07 Å². The number of aryl methyl sites for hydroxylation is 1. The molecule has 10 heteroatoms. The highest BCUT2D eigenvalue weighted by Crippen LogP contribution is 2.28. The summed E-state index contributed by atoms with van der Waals surface area (Å²) in [4.78, 5) is 23.7. The molecular weight excluding hydrogens is 490 g/mol. The SMILES string of the molecule is CC(=O)Nc1ccc(S(=O)(=O)Oc2ccccc2/C=C(\C#N)C(=O)Nc2c(C)cccc2Cl)cc1. The van der Waals surface area contributed by atoms with E-state index in [0.717, 1.165) is 0 Å². The van der Waals surface area contributed by atoms with Crippen molar-refractivity contribution >= 4 is 51.0 Å². The summed E-state index contributed by atoms with van der Waals surface area (Å²) in [5.74, 6) is -1.08. The average Bonchev–Trinajstić information content (AvgIpc) is 2.80. The highest BCUT2D eigenvalue weighted by atomic mass is 35.5. The summed E-state index contributed by atoms with van der Waals surface area (Å²) in [6.07, 6.45) is 1.23. The van der Waals surface area contributed by atoms with Crippen molar-refractivity contribution in [2.45, 2.75) is 18.7 Å². The van der Waals surface area contributed by atoms with E-state index in [9.17, 15) is 23.3 Å². The minimum atomic E-state index is -4.25. The molecule has 0 atom stereocenters. The van der Waals surface area contributed by atoms with Gasteiger partial charge in [0, 0.05) is 18.2 Å². The summed E-state index contributed by atoms with van der Waals surface area (Å²) in [5.41, 5.74) is 1.43. The summed E-state index contributed by atoms with van der Waals surface area (Å²) >= 11 is 6.15. The van der Waals surface area contributed by atoms with Crippen LogP contribution in [0.5, 0.6) is 5.75 Å². The Hall–Kier alpha value is -4.13. The third-order valence-electron chi connectivity index (χ3n) is 4.71. The number of anilines is 2. The fourth-order valence-electron chi connectivity index (χ4n) is 3.03. The van der Waals surface area contributed by atoms with Gasteiger partial charge in [-0.3, -0.25) is 9.59 Å². The van der Waals surface area contributed by atoms with Crippen LogP contribution in [-0.2, 0) is 19.7 Å². The molecule has 2 amide bonds. The Bertz CT molecular complexity index is 1440. The van der Waals surface area contributed by atoms with Crippen LogP contribution in [0.15, 0.2) is 77.2 Å². The maximum absolute atomic E-state index is 12.8. The van der Waals surface area contributed by atoms with E-state index in [-0.39, 0.29) is 27.7 Å². The average molecular weight is 510 g/mol. The molecule has 0 heterocycles. The summed E-state index contributed by atoms with van der Waals surface area (Å²) < 4.78 is 30.9. The fourth-order valence-corrected chi connectivity index (χ4v) is 4.25. The van der Waals surface area contributed by atoms with Crippen LogP contribution >= 0.6 is 11.6 Å². The van der Waals surface area contributed by atoms with E-state index in [1.165, 1.54) is 49.4 Å². The maximum Gasteiger partial charge on any atom is 0.339 e. The van der Waals surface area contributed by atoms with Gasteiger partial charge in [-0.05, 0) is 55.0 Å². The van der Waals surface area contributed by atoms with Gasteiger partial charge in [-0.25, -0.2) is 0 Å². The van der Waals surface area contributed by atoms with Gasteiger partial charge in [0.15, 0.2) is 0 Å². The fraction of sp³-hybridized carbons (Fsp3) is 0.0800. The zero-order valence-corrected chi connectivity index (χ0v) is 20.3. The number of hydrogen-bond donors (Lipinski definition) is 2. The lowest BCUT2D eigenvalue weighted by molar-refractivity contribution is -0.114. The van der Waals surface area contributed by atoms with E-state index < -0.39 is 16.0 Å². The molecular formula is C25H20ClN3O5S. The van der Waals surface area contributed by atoms with Crippen LogP contribution in [0.1, 0.15) is 18.1 Å². The Morgan fingerprint density at radius 3 is 2.31 bits per heavy atom. The van der Waals surface area contributed by atoms with Crippen molar-refractivity contribution in [2.75, 3.05) is 10.6 Å². The Morgan fingerprint density at radius 1 is 1.00 bits per heavy atom. The zero-order valence-electron chi connectivity index (χ0n) is 18.7. The van der Waals surface area contributed by atoms with Crippen molar-refractivity contribution in [3.05, 3.63) is 88.5 Å². The summed E-state index contributed by atoms with van der Waals surface area (Å²) in [6, 6.07) is 18.4. The van der Waals surface area contributed by atoms with Crippen LogP contribution in [0, 0.1) is 18.3 Å². The van der Waals surface area contributed by atoms with Gasteiger partial charge in [-0.2, -0.15) is 13.7 Å². The van der Waals surface area contributed by atoms with Crippen molar-refractivity contribution < 1.29 is 22.2 Å². The molecule has 0 spiro atoms. The third kappa shape index (κ3) is 6.47. The highest BCUT2D eigenvalue weighted by Gasteiger charge is 2.19. The van der Waals surface area contributed by atoms with Crippen molar-refractivity contribution in [1.82, 2.24) is 0 Å². The van der Waals surface area contributed by atoms with Gasteiger partial charge in [-0.1, -0.05) is 41.9 Å². The summed E-state index contributed by atoms with van der Waals surface area (Å²) in [6.45, 7) is 3.09. The van der Waals surface area contributed by atoms with E-state index in [0.29, 0.717) is 22.0 Å². The largest absolute Gasteiger partial charge is 0.378 e. The third-order valence-corrected chi connectivity index (χ3v) is 6.27. The normalized spacial score (nSPS) is 11.3. The Balaban J connectivity index is 1.88. The topological polar surface area (TPSA) is 125 Å². The van der Waals surface area contributed by atoms with Crippen LogP contribution in [0.2, 0.25) is 5.02 Å². The van der Waals surface area contributed by atoms with Gasteiger partial charge in [0.05, 0.1) is 10.7 Å². The molecule has 0 radical (unpaired) electrons. The van der Waals surface area contributed by atoms with Crippen LogP contribution in [-0.4, -0.2) is 20.2 Å². The van der Waals surface area contributed by atoms with E-state index in [1.54, 1.807) is 37.3 Å². The van der Waals surface area contributed by atoms with Crippen LogP contribution < -0.4 is 14.8 Å². The first-order chi connectivity index (χ1) is 16.6. The summed E-state index contributed by atoms with van der Waals surface area (Å²) in [7, 11) is -4.25. The molecule has 35 heavy (non-hydrogen) atoms. The smallest absolute Gasteiger partial charge is 0.339 e. The van der Waals surface area contributed by atoms with Gasteiger partial charge in [0.1, 0.15) is 22.3 Å². The molecule has 0 saturated carbocycles. The maximum atomic E-state index is 12.8. The van der Waals surface area contributed by atoms with E-state index >= 15 is 0 Å². The Labute approximate surface area is 207 Å². The number of carbonyl (C=O) groups excluding carboxylic acids is 2. The monoisotopic (exact) mass is 509 g/mol.